The monoisotopic (exact) mass is 335 g/mol. The highest BCUT2D eigenvalue weighted by Crippen LogP contribution is 2.19. The molecule has 2 rings (SSSR count). The summed E-state index contributed by atoms with van der Waals surface area (Å²) in [5.74, 6) is 0. The summed E-state index contributed by atoms with van der Waals surface area (Å²) in [5.41, 5.74) is -1.10. The van der Waals surface area contributed by atoms with Crippen LogP contribution in [0.25, 0.3) is 0 Å². The molecule has 1 aliphatic heterocycles. The second-order valence-electron chi connectivity index (χ2n) is 4.31. The fourth-order valence-corrected chi connectivity index (χ4v) is 3.40. The molecule has 1 aromatic carbocycles. The normalized spacial score (nSPS) is 24.3. The van der Waals surface area contributed by atoms with E-state index in [1.54, 1.807) is 12.1 Å². The zero-order valence-corrected chi connectivity index (χ0v) is 12.0. The van der Waals surface area contributed by atoms with E-state index in [0.29, 0.717) is 17.5 Å². The molecule has 1 aliphatic rings. The third-order valence-electron chi connectivity index (χ3n) is 2.78. The van der Waals surface area contributed by atoms with Gasteiger partial charge in [0.05, 0.1) is 11.5 Å². The summed E-state index contributed by atoms with van der Waals surface area (Å²) in [4.78, 5) is 0.166. The highest BCUT2D eigenvalue weighted by Gasteiger charge is 2.33. The van der Waals surface area contributed by atoms with Crippen molar-refractivity contribution in [1.29, 1.82) is 0 Å². The second-order valence-corrected chi connectivity index (χ2v) is 6.99. The van der Waals surface area contributed by atoms with Crippen LogP contribution in [-0.4, -0.2) is 38.9 Å². The molecule has 0 radical (unpaired) electrons. The number of benzene rings is 1. The Morgan fingerprint density at radius 2 is 2.28 bits per heavy atom. The summed E-state index contributed by atoms with van der Waals surface area (Å²) in [6, 6.07) is 6.41. The third-order valence-corrected chi connectivity index (χ3v) is 4.67. The molecule has 1 fully saturated rings. The smallest absolute Gasteiger partial charge is 0.240 e. The van der Waals surface area contributed by atoms with Gasteiger partial charge in [0.2, 0.25) is 10.0 Å². The maximum atomic E-state index is 12.0. The summed E-state index contributed by atoms with van der Waals surface area (Å²) >= 11 is 3.22. The van der Waals surface area contributed by atoms with Crippen molar-refractivity contribution >= 4 is 26.0 Å². The lowest BCUT2D eigenvalue weighted by molar-refractivity contribution is 0.0314. The topological polar surface area (TPSA) is 75.6 Å². The van der Waals surface area contributed by atoms with Gasteiger partial charge in [-0.1, -0.05) is 22.0 Å². The van der Waals surface area contributed by atoms with E-state index in [9.17, 15) is 13.5 Å². The van der Waals surface area contributed by atoms with Crippen molar-refractivity contribution in [3.63, 3.8) is 0 Å². The summed E-state index contributed by atoms with van der Waals surface area (Å²) in [6.45, 7) is 0.574. The molecule has 7 heteroatoms. The molecule has 0 aromatic heterocycles. The van der Waals surface area contributed by atoms with E-state index < -0.39 is 15.6 Å². The predicted molar refractivity (Wildman–Crippen MR) is 69.7 cm³/mol. The van der Waals surface area contributed by atoms with Gasteiger partial charge in [0, 0.05) is 24.0 Å². The predicted octanol–water partition coefficient (Wildman–Crippen LogP) is 0.879. The Morgan fingerprint density at radius 1 is 1.50 bits per heavy atom. The minimum Gasteiger partial charge on any atom is -0.386 e. The summed E-state index contributed by atoms with van der Waals surface area (Å²) in [7, 11) is -3.60. The summed E-state index contributed by atoms with van der Waals surface area (Å²) in [6.07, 6.45) is 0.438. The number of ether oxygens (including phenoxy) is 1. The summed E-state index contributed by atoms with van der Waals surface area (Å²) < 4.78 is 32.2. The quantitative estimate of drug-likeness (QED) is 0.856. The Balaban J connectivity index is 2.08. The van der Waals surface area contributed by atoms with Crippen molar-refractivity contribution < 1.29 is 18.3 Å². The van der Waals surface area contributed by atoms with Gasteiger partial charge < -0.3 is 9.84 Å². The van der Waals surface area contributed by atoms with E-state index in [4.69, 9.17) is 4.74 Å². The van der Waals surface area contributed by atoms with Crippen LogP contribution >= 0.6 is 15.9 Å². The van der Waals surface area contributed by atoms with E-state index in [1.807, 2.05) is 0 Å². The van der Waals surface area contributed by atoms with Crippen molar-refractivity contribution in [1.82, 2.24) is 4.72 Å². The third kappa shape index (κ3) is 3.30. The molecule has 0 saturated carbocycles. The maximum absolute atomic E-state index is 12.0. The zero-order valence-electron chi connectivity index (χ0n) is 9.60. The van der Waals surface area contributed by atoms with E-state index in [1.165, 1.54) is 12.1 Å². The fraction of sp³-hybridized carbons (Fsp3) is 0.455. The van der Waals surface area contributed by atoms with Crippen molar-refractivity contribution in [2.24, 2.45) is 0 Å². The minimum absolute atomic E-state index is 0.0398. The molecule has 100 valence electrons. The average molecular weight is 336 g/mol. The lowest BCUT2D eigenvalue weighted by atomic mass is 10.1. The minimum atomic E-state index is -3.60. The Kier molecular flexibility index (Phi) is 4.08. The van der Waals surface area contributed by atoms with E-state index in [0.717, 1.165) is 0 Å². The number of hydrogen-bond acceptors (Lipinski definition) is 4. The van der Waals surface area contributed by atoms with E-state index >= 15 is 0 Å². The van der Waals surface area contributed by atoms with Gasteiger partial charge in [-0.15, -0.1) is 0 Å². The van der Waals surface area contributed by atoms with Gasteiger partial charge in [-0.2, -0.15) is 0 Å². The highest BCUT2D eigenvalue weighted by molar-refractivity contribution is 9.10. The Bertz CT molecular complexity index is 526. The molecule has 5 nitrogen and oxygen atoms in total. The van der Waals surface area contributed by atoms with Crippen LogP contribution < -0.4 is 4.72 Å². The molecule has 1 aromatic rings. The van der Waals surface area contributed by atoms with Crippen LogP contribution in [0.3, 0.4) is 0 Å². The van der Waals surface area contributed by atoms with Crippen LogP contribution in [0.4, 0.5) is 0 Å². The molecule has 18 heavy (non-hydrogen) atoms. The Morgan fingerprint density at radius 3 is 2.89 bits per heavy atom. The van der Waals surface area contributed by atoms with Crippen molar-refractivity contribution in [2.75, 3.05) is 19.8 Å². The molecule has 1 unspecified atom stereocenters. The van der Waals surface area contributed by atoms with Gasteiger partial charge in [-0.25, -0.2) is 13.1 Å². The van der Waals surface area contributed by atoms with Crippen LogP contribution in [0.5, 0.6) is 0 Å². The molecule has 0 spiro atoms. The Hall–Kier alpha value is -0.470. The molecular formula is C11H14BrNO4S. The first-order chi connectivity index (χ1) is 8.41. The molecule has 0 amide bonds. The highest BCUT2D eigenvalue weighted by atomic mass is 79.9. The van der Waals surface area contributed by atoms with Gasteiger partial charge in [0.1, 0.15) is 5.60 Å². The molecule has 1 atom stereocenters. The number of nitrogens with one attached hydrogen (secondary N) is 1. The SMILES string of the molecule is O=S(=O)(NCC1(O)CCOC1)c1cccc(Br)c1. The van der Waals surface area contributed by atoms with Gasteiger partial charge in [0.15, 0.2) is 0 Å². The van der Waals surface area contributed by atoms with Crippen molar-refractivity contribution in [2.45, 2.75) is 16.9 Å². The number of halogens is 1. The van der Waals surface area contributed by atoms with Gasteiger partial charge >= 0.3 is 0 Å². The molecule has 2 N–H and O–H groups in total. The van der Waals surface area contributed by atoms with E-state index in [-0.39, 0.29) is 18.0 Å². The number of hydrogen-bond donors (Lipinski definition) is 2. The lowest BCUT2D eigenvalue weighted by Crippen LogP contribution is -2.43. The van der Waals surface area contributed by atoms with Gasteiger partial charge in [0.25, 0.3) is 0 Å². The molecule has 1 saturated heterocycles. The summed E-state index contributed by atoms with van der Waals surface area (Å²) in [5, 5.41) is 9.99. The maximum Gasteiger partial charge on any atom is 0.240 e. The molecule has 1 heterocycles. The van der Waals surface area contributed by atoms with Crippen LogP contribution in [-0.2, 0) is 14.8 Å². The van der Waals surface area contributed by atoms with Crippen LogP contribution in [0, 0.1) is 0 Å². The standard InChI is InChI=1S/C11H14BrNO4S/c12-9-2-1-3-10(6-9)18(15,16)13-7-11(14)4-5-17-8-11/h1-3,6,13-14H,4-5,7-8H2. The lowest BCUT2D eigenvalue weighted by Gasteiger charge is -2.20. The van der Waals surface area contributed by atoms with Crippen LogP contribution in [0.15, 0.2) is 33.6 Å². The molecular weight excluding hydrogens is 322 g/mol. The first kappa shape index (κ1) is 14.0. The number of aliphatic hydroxyl groups is 1. The molecule has 0 bridgehead atoms. The average Bonchev–Trinajstić information content (AvgIpc) is 2.75. The largest absolute Gasteiger partial charge is 0.386 e. The van der Waals surface area contributed by atoms with E-state index in [2.05, 4.69) is 20.7 Å². The van der Waals surface area contributed by atoms with Gasteiger partial charge in [-0.05, 0) is 18.2 Å². The molecule has 0 aliphatic carbocycles. The number of sulfonamides is 1. The van der Waals surface area contributed by atoms with Crippen molar-refractivity contribution in [3.05, 3.63) is 28.7 Å². The second kappa shape index (κ2) is 5.26. The first-order valence-corrected chi connectivity index (χ1v) is 7.74. The van der Waals surface area contributed by atoms with Gasteiger partial charge in [-0.3, -0.25) is 0 Å². The van der Waals surface area contributed by atoms with Crippen LogP contribution in [0.1, 0.15) is 6.42 Å². The zero-order chi connectivity index (χ0) is 13.2. The number of rotatable bonds is 4. The van der Waals surface area contributed by atoms with Crippen molar-refractivity contribution in [3.8, 4) is 0 Å². The van der Waals surface area contributed by atoms with Crippen LogP contribution in [0.2, 0.25) is 0 Å². The fourth-order valence-electron chi connectivity index (χ4n) is 1.68. The Labute approximate surface area is 114 Å². The first-order valence-electron chi connectivity index (χ1n) is 5.47.